The number of nitrogens with zero attached hydrogens (tertiary/aromatic N) is 1. The highest BCUT2D eigenvalue weighted by molar-refractivity contribution is 5.52. The number of nitrogens with one attached hydrogen (secondary N) is 1. The number of benzene rings is 1. The molecule has 0 bridgehead atoms. The van der Waals surface area contributed by atoms with E-state index in [0.717, 1.165) is 45.5 Å². The van der Waals surface area contributed by atoms with E-state index in [4.69, 9.17) is 4.74 Å². The zero-order valence-electron chi connectivity index (χ0n) is 13.5. The number of hydrogen-bond acceptors (Lipinski definition) is 4. The number of hydrogen-bond donors (Lipinski definition) is 2. The lowest BCUT2D eigenvalue weighted by molar-refractivity contribution is 0.121. The first-order valence-electron chi connectivity index (χ1n) is 8.55. The zero-order valence-corrected chi connectivity index (χ0v) is 13.5. The van der Waals surface area contributed by atoms with Crippen molar-refractivity contribution in [2.45, 2.75) is 44.9 Å². The van der Waals surface area contributed by atoms with Crippen LogP contribution in [0.4, 0.5) is 5.69 Å². The molecule has 2 atom stereocenters. The average Bonchev–Trinajstić information content (AvgIpc) is 2.95. The topological polar surface area (TPSA) is 44.7 Å². The van der Waals surface area contributed by atoms with Gasteiger partial charge in [-0.1, -0.05) is 18.2 Å². The van der Waals surface area contributed by atoms with Gasteiger partial charge in [0.2, 0.25) is 0 Å². The van der Waals surface area contributed by atoms with Crippen LogP contribution in [0, 0.1) is 5.92 Å². The fourth-order valence-corrected chi connectivity index (χ4v) is 3.49. The van der Waals surface area contributed by atoms with Crippen molar-refractivity contribution >= 4 is 5.69 Å². The van der Waals surface area contributed by atoms with Gasteiger partial charge in [-0.25, -0.2) is 0 Å². The molecule has 2 unspecified atom stereocenters. The highest BCUT2D eigenvalue weighted by Crippen LogP contribution is 2.25. The second-order valence-corrected chi connectivity index (χ2v) is 6.67. The third-order valence-electron chi connectivity index (χ3n) is 5.09. The fraction of sp³-hybridized carbons (Fsp3) is 0.667. The minimum Gasteiger partial charge on any atom is -0.396 e. The smallest absolute Gasteiger partial charge is 0.0748 e. The number of aliphatic hydroxyl groups excluding tert-OH is 1. The highest BCUT2D eigenvalue weighted by Gasteiger charge is 2.25. The molecular weight excluding hydrogens is 276 g/mol. The van der Waals surface area contributed by atoms with Crippen LogP contribution in [0.3, 0.4) is 0 Å². The summed E-state index contributed by atoms with van der Waals surface area (Å²) in [6, 6.07) is 9.04. The number of likely N-dealkylation sites (tertiary alicyclic amines) is 1. The van der Waals surface area contributed by atoms with Crippen molar-refractivity contribution in [3.05, 3.63) is 29.8 Å². The SMILES string of the molecule is CC1OCCC1Nc1ccccc1CN1CCC(CO)CC1. The maximum absolute atomic E-state index is 9.25. The predicted octanol–water partition coefficient (Wildman–Crippen LogP) is 2.48. The monoisotopic (exact) mass is 304 g/mol. The van der Waals surface area contributed by atoms with Crippen LogP contribution in [0.2, 0.25) is 0 Å². The van der Waals surface area contributed by atoms with E-state index in [1.165, 1.54) is 11.3 Å². The highest BCUT2D eigenvalue weighted by atomic mass is 16.5. The first-order chi connectivity index (χ1) is 10.8. The summed E-state index contributed by atoms with van der Waals surface area (Å²) in [4.78, 5) is 2.50. The van der Waals surface area contributed by atoms with Gasteiger partial charge in [-0.2, -0.15) is 0 Å². The van der Waals surface area contributed by atoms with E-state index in [1.807, 2.05) is 0 Å². The van der Waals surface area contributed by atoms with Gasteiger partial charge in [0.1, 0.15) is 0 Å². The Hall–Kier alpha value is -1.10. The molecule has 0 radical (unpaired) electrons. The summed E-state index contributed by atoms with van der Waals surface area (Å²) in [5.41, 5.74) is 2.61. The Bertz CT molecular complexity index is 472. The molecule has 0 amide bonds. The normalized spacial score (nSPS) is 27.2. The Kier molecular flexibility index (Phi) is 5.34. The minimum atomic E-state index is 0.286. The van der Waals surface area contributed by atoms with Gasteiger partial charge in [-0.05, 0) is 56.8 Å². The summed E-state index contributed by atoms with van der Waals surface area (Å²) >= 11 is 0. The minimum absolute atomic E-state index is 0.286. The predicted molar refractivity (Wildman–Crippen MR) is 89.0 cm³/mol. The van der Waals surface area contributed by atoms with Crippen LogP contribution < -0.4 is 5.32 Å². The molecule has 22 heavy (non-hydrogen) atoms. The number of ether oxygens (including phenoxy) is 1. The average molecular weight is 304 g/mol. The van der Waals surface area contributed by atoms with Crippen molar-refractivity contribution in [1.82, 2.24) is 4.90 Å². The molecule has 4 heteroatoms. The number of aliphatic hydroxyl groups is 1. The molecule has 0 aromatic heterocycles. The molecule has 2 saturated heterocycles. The molecule has 122 valence electrons. The summed E-state index contributed by atoms with van der Waals surface area (Å²) in [6.07, 6.45) is 3.59. The maximum Gasteiger partial charge on any atom is 0.0748 e. The third-order valence-corrected chi connectivity index (χ3v) is 5.09. The molecule has 0 spiro atoms. The Morgan fingerprint density at radius 3 is 2.68 bits per heavy atom. The largest absolute Gasteiger partial charge is 0.396 e. The molecule has 0 aliphatic carbocycles. The fourth-order valence-electron chi connectivity index (χ4n) is 3.49. The second kappa shape index (κ2) is 7.44. The van der Waals surface area contributed by atoms with Gasteiger partial charge in [0, 0.05) is 25.4 Å². The Morgan fingerprint density at radius 1 is 1.23 bits per heavy atom. The molecule has 4 nitrogen and oxygen atoms in total. The molecule has 2 N–H and O–H groups in total. The summed E-state index contributed by atoms with van der Waals surface area (Å²) in [5, 5.41) is 12.9. The molecule has 1 aromatic carbocycles. The van der Waals surface area contributed by atoms with E-state index in [0.29, 0.717) is 18.6 Å². The molecule has 2 aliphatic rings. The van der Waals surface area contributed by atoms with Gasteiger partial charge in [0.15, 0.2) is 0 Å². The molecule has 1 aromatic rings. The van der Waals surface area contributed by atoms with Crippen molar-refractivity contribution in [2.75, 3.05) is 31.6 Å². The Morgan fingerprint density at radius 2 is 2.00 bits per heavy atom. The van der Waals surface area contributed by atoms with Crippen LogP contribution in [0.5, 0.6) is 0 Å². The van der Waals surface area contributed by atoms with Crippen molar-refractivity contribution in [2.24, 2.45) is 5.92 Å². The van der Waals surface area contributed by atoms with Crippen molar-refractivity contribution < 1.29 is 9.84 Å². The summed E-state index contributed by atoms with van der Waals surface area (Å²) in [6.45, 7) is 6.50. The standard InChI is InChI=1S/C18H28N2O2/c1-14-17(8-11-22-14)19-18-5-3-2-4-16(18)12-20-9-6-15(13-21)7-10-20/h2-5,14-15,17,19,21H,6-13H2,1H3. The van der Waals surface area contributed by atoms with Crippen LogP contribution in [0.15, 0.2) is 24.3 Å². The van der Waals surface area contributed by atoms with Crippen LogP contribution in [-0.2, 0) is 11.3 Å². The van der Waals surface area contributed by atoms with E-state index in [2.05, 4.69) is 41.4 Å². The Labute approximate surface area is 133 Å². The lowest BCUT2D eigenvalue weighted by Crippen LogP contribution is -2.34. The molecule has 0 saturated carbocycles. The van der Waals surface area contributed by atoms with E-state index in [9.17, 15) is 5.11 Å². The van der Waals surface area contributed by atoms with Gasteiger partial charge in [0.25, 0.3) is 0 Å². The van der Waals surface area contributed by atoms with Crippen LogP contribution >= 0.6 is 0 Å². The van der Waals surface area contributed by atoms with E-state index < -0.39 is 0 Å². The molecule has 2 aliphatic heterocycles. The quantitative estimate of drug-likeness (QED) is 0.877. The summed E-state index contributed by atoms with van der Waals surface area (Å²) in [5.74, 6) is 0.501. The van der Waals surface area contributed by atoms with E-state index in [1.54, 1.807) is 0 Å². The molecular formula is C18H28N2O2. The van der Waals surface area contributed by atoms with E-state index >= 15 is 0 Å². The van der Waals surface area contributed by atoms with Gasteiger partial charge < -0.3 is 15.2 Å². The first-order valence-corrected chi connectivity index (χ1v) is 8.55. The number of anilines is 1. The van der Waals surface area contributed by atoms with Crippen molar-refractivity contribution in [3.8, 4) is 0 Å². The van der Waals surface area contributed by atoms with Crippen LogP contribution in [0.25, 0.3) is 0 Å². The Balaban J connectivity index is 1.61. The number of piperidine rings is 1. The summed E-state index contributed by atoms with van der Waals surface area (Å²) in [7, 11) is 0. The van der Waals surface area contributed by atoms with Crippen LogP contribution in [-0.4, -0.2) is 48.5 Å². The van der Waals surface area contributed by atoms with Gasteiger partial charge in [0.05, 0.1) is 12.1 Å². The van der Waals surface area contributed by atoms with Crippen molar-refractivity contribution in [1.29, 1.82) is 0 Å². The van der Waals surface area contributed by atoms with Crippen LogP contribution in [0.1, 0.15) is 31.7 Å². The lowest BCUT2D eigenvalue weighted by Gasteiger charge is -2.32. The lowest BCUT2D eigenvalue weighted by atomic mass is 9.97. The second-order valence-electron chi connectivity index (χ2n) is 6.67. The van der Waals surface area contributed by atoms with E-state index in [-0.39, 0.29) is 6.10 Å². The zero-order chi connectivity index (χ0) is 15.4. The van der Waals surface area contributed by atoms with Gasteiger partial charge in [-0.3, -0.25) is 4.90 Å². The molecule has 2 heterocycles. The first kappa shape index (κ1) is 15.8. The number of para-hydroxylation sites is 1. The van der Waals surface area contributed by atoms with Crippen molar-refractivity contribution in [3.63, 3.8) is 0 Å². The van der Waals surface area contributed by atoms with Gasteiger partial charge >= 0.3 is 0 Å². The molecule has 2 fully saturated rings. The number of rotatable bonds is 5. The van der Waals surface area contributed by atoms with Gasteiger partial charge in [-0.15, -0.1) is 0 Å². The summed E-state index contributed by atoms with van der Waals surface area (Å²) < 4.78 is 5.66. The maximum atomic E-state index is 9.25. The third kappa shape index (κ3) is 3.80. The molecule has 3 rings (SSSR count).